The molecule has 2 rings (SSSR count). The molecule has 0 saturated carbocycles. The average Bonchev–Trinajstić information content (AvgIpc) is 2.58. The molecule has 0 atom stereocenters. The maximum Gasteiger partial charge on any atom is 0.339 e. The van der Waals surface area contributed by atoms with Gasteiger partial charge in [0.25, 0.3) is 10.0 Å². The smallest absolute Gasteiger partial charge is 0.339 e. The molecule has 140 valence electrons. The summed E-state index contributed by atoms with van der Waals surface area (Å²) in [7, 11) is -3.84. The number of aromatic carboxylic acids is 1. The Balaban J connectivity index is 2.41. The lowest BCUT2D eigenvalue weighted by molar-refractivity contribution is 0.0697. The predicted octanol–water partition coefficient (Wildman–Crippen LogP) is 3.04. The van der Waals surface area contributed by atoms with Crippen LogP contribution in [0.4, 0.5) is 11.5 Å². The third-order valence-corrected chi connectivity index (χ3v) is 5.58. The fourth-order valence-electron chi connectivity index (χ4n) is 2.54. The van der Waals surface area contributed by atoms with Gasteiger partial charge in [0.2, 0.25) is 0 Å². The number of nitrogens with one attached hydrogen (secondary N) is 1. The summed E-state index contributed by atoms with van der Waals surface area (Å²) in [5.41, 5.74) is 1.90. The molecule has 0 saturated heterocycles. The van der Waals surface area contributed by atoms with Crippen LogP contribution in [-0.2, 0) is 10.0 Å². The summed E-state index contributed by atoms with van der Waals surface area (Å²) in [4.78, 5) is 17.7. The van der Waals surface area contributed by atoms with E-state index >= 15 is 0 Å². The number of rotatable bonds is 7. The normalized spacial score (nSPS) is 11.2. The summed E-state index contributed by atoms with van der Waals surface area (Å²) >= 11 is 0. The van der Waals surface area contributed by atoms with Gasteiger partial charge in [0.05, 0.1) is 16.8 Å². The van der Waals surface area contributed by atoms with Crippen LogP contribution in [0.25, 0.3) is 0 Å². The quantitative estimate of drug-likeness (QED) is 0.769. The summed E-state index contributed by atoms with van der Waals surface area (Å²) in [6.07, 6.45) is 1.33. The van der Waals surface area contributed by atoms with Crippen LogP contribution in [-0.4, -0.2) is 37.6 Å². The maximum atomic E-state index is 12.6. The predicted molar refractivity (Wildman–Crippen MR) is 101 cm³/mol. The Kier molecular flexibility index (Phi) is 5.86. The molecule has 0 spiro atoms. The fourth-order valence-corrected chi connectivity index (χ4v) is 3.66. The first-order valence-corrected chi connectivity index (χ1v) is 9.76. The summed E-state index contributed by atoms with van der Waals surface area (Å²) < 4.78 is 27.6. The minimum Gasteiger partial charge on any atom is -0.478 e. The highest BCUT2D eigenvalue weighted by molar-refractivity contribution is 7.92. The van der Waals surface area contributed by atoms with Gasteiger partial charge in [-0.25, -0.2) is 18.2 Å². The van der Waals surface area contributed by atoms with Crippen LogP contribution in [0.3, 0.4) is 0 Å². The topological polar surface area (TPSA) is 99.6 Å². The molecular weight excluding hydrogens is 354 g/mol. The fraction of sp³-hybridized carbons (Fsp3) is 0.333. The number of pyridine rings is 1. The monoisotopic (exact) mass is 377 g/mol. The number of nitrogens with zero attached hydrogens (tertiary/aromatic N) is 2. The maximum absolute atomic E-state index is 12.6. The van der Waals surface area contributed by atoms with Crippen molar-refractivity contribution >= 4 is 27.5 Å². The number of carboxylic acid groups (broad SMARTS) is 1. The first-order valence-electron chi connectivity index (χ1n) is 8.28. The highest BCUT2D eigenvalue weighted by atomic mass is 32.2. The van der Waals surface area contributed by atoms with Gasteiger partial charge in [-0.1, -0.05) is 6.07 Å². The van der Waals surface area contributed by atoms with Gasteiger partial charge < -0.3 is 10.0 Å². The van der Waals surface area contributed by atoms with Crippen LogP contribution in [0.2, 0.25) is 0 Å². The number of carboxylic acids is 1. The minimum atomic E-state index is -3.84. The van der Waals surface area contributed by atoms with E-state index in [-0.39, 0.29) is 16.1 Å². The van der Waals surface area contributed by atoms with Crippen molar-refractivity contribution in [2.45, 2.75) is 32.6 Å². The van der Waals surface area contributed by atoms with Gasteiger partial charge in [0.15, 0.2) is 0 Å². The van der Waals surface area contributed by atoms with E-state index in [1.807, 2.05) is 27.7 Å². The Labute approximate surface area is 153 Å². The van der Waals surface area contributed by atoms with E-state index in [0.29, 0.717) is 18.9 Å². The van der Waals surface area contributed by atoms with Gasteiger partial charge in [-0.05, 0) is 57.0 Å². The number of hydrogen-bond donors (Lipinski definition) is 2. The lowest BCUT2D eigenvalue weighted by Crippen LogP contribution is -2.25. The van der Waals surface area contributed by atoms with Gasteiger partial charge >= 0.3 is 5.97 Å². The molecule has 1 aromatic carbocycles. The lowest BCUT2D eigenvalue weighted by Gasteiger charge is -2.22. The van der Waals surface area contributed by atoms with Crippen molar-refractivity contribution in [1.29, 1.82) is 0 Å². The minimum absolute atomic E-state index is 0.0472. The number of anilines is 2. The summed E-state index contributed by atoms with van der Waals surface area (Å²) in [6.45, 7) is 8.71. The number of aromatic nitrogens is 1. The molecule has 8 heteroatoms. The SMILES string of the molecule is CCN(CC)c1ncc(NS(=O)(=O)c2ccc(C)c(C)c2)cc1C(=O)O. The largest absolute Gasteiger partial charge is 0.478 e. The second-order valence-corrected chi connectivity index (χ2v) is 7.61. The molecule has 0 unspecified atom stereocenters. The van der Waals surface area contributed by atoms with Gasteiger partial charge in [-0.2, -0.15) is 0 Å². The number of sulfonamides is 1. The third kappa shape index (κ3) is 4.13. The first kappa shape index (κ1) is 19.7. The second-order valence-electron chi connectivity index (χ2n) is 5.92. The van der Waals surface area contributed by atoms with E-state index in [1.54, 1.807) is 17.0 Å². The van der Waals surface area contributed by atoms with E-state index in [2.05, 4.69) is 9.71 Å². The zero-order chi connectivity index (χ0) is 19.5. The highest BCUT2D eigenvalue weighted by Gasteiger charge is 2.20. The first-order chi connectivity index (χ1) is 12.2. The molecule has 7 nitrogen and oxygen atoms in total. The zero-order valence-electron chi connectivity index (χ0n) is 15.3. The van der Waals surface area contributed by atoms with Crippen LogP contribution in [0.15, 0.2) is 35.4 Å². The number of carbonyl (C=O) groups is 1. The van der Waals surface area contributed by atoms with E-state index in [4.69, 9.17) is 0 Å². The molecule has 0 aliphatic rings. The number of hydrogen-bond acceptors (Lipinski definition) is 5. The molecule has 2 N–H and O–H groups in total. The number of aryl methyl sites for hydroxylation is 2. The Morgan fingerprint density at radius 2 is 1.81 bits per heavy atom. The molecule has 26 heavy (non-hydrogen) atoms. The Hall–Kier alpha value is -2.61. The van der Waals surface area contributed by atoms with Crippen LogP contribution >= 0.6 is 0 Å². The molecule has 0 amide bonds. The molecule has 2 aromatic rings. The third-order valence-electron chi connectivity index (χ3n) is 4.20. The zero-order valence-corrected chi connectivity index (χ0v) is 16.1. The van der Waals surface area contributed by atoms with Gasteiger partial charge in [-0.3, -0.25) is 4.72 Å². The van der Waals surface area contributed by atoms with Crippen LogP contribution in [0.1, 0.15) is 35.3 Å². The van der Waals surface area contributed by atoms with Crippen molar-refractivity contribution < 1.29 is 18.3 Å². The van der Waals surface area contributed by atoms with Crippen molar-refractivity contribution in [3.63, 3.8) is 0 Å². The number of benzene rings is 1. The molecule has 1 heterocycles. The van der Waals surface area contributed by atoms with Gasteiger partial charge in [0.1, 0.15) is 11.4 Å². The van der Waals surface area contributed by atoms with Crippen LogP contribution < -0.4 is 9.62 Å². The lowest BCUT2D eigenvalue weighted by atomic mass is 10.1. The molecular formula is C18H23N3O4S. The second kappa shape index (κ2) is 7.74. The van der Waals surface area contributed by atoms with E-state index in [9.17, 15) is 18.3 Å². The van der Waals surface area contributed by atoms with Crippen molar-refractivity contribution in [1.82, 2.24) is 4.98 Å². The standard InChI is InChI=1S/C18H23N3O4S/c1-5-21(6-2)17-16(18(22)23)10-14(11-19-17)20-26(24,25)15-8-7-12(3)13(4)9-15/h7-11,20H,5-6H2,1-4H3,(H,22,23). The summed E-state index contributed by atoms with van der Waals surface area (Å²) in [5.74, 6) is -0.844. The van der Waals surface area contributed by atoms with Gasteiger partial charge in [-0.15, -0.1) is 0 Å². The molecule has 1 aromatic heterocycles. The molecule has 0 aliphatic carbocycles. The van der Waals surface area contributed by atoms with Crippen molar-refractivity contribution in [3.05, 3.63) is 47.2 Å². The van der Waals surface area contributed by atoms with Gasteiger partial charge in [0, 0.05) is 13.1 Å². The highest BCUT2D eigenvalue weighted by Crippen LogP contribution is 2.24. The van der Waals surface area contributed by atoms with E-state index < -0.39 is 16.0 Å². The van der Waals surface area contributed by atoms with E-state index in [1.165, 1.54) is 18.3 Å². The summed E-state index contributed by atoms with van der Waals surface area (Å²) in [5, 5.41) is 9.47. The van der Waals surface area contributed by atoms with Crippen LogP contribution in [0, 0.1) is 13.8 Å². The summed E-state index contributed by atoms with van der Waals surface area (Å²) in [6, 6.07) is 6.11. The average molecular weight is 377 g/mol. The van der Waals surface area contributed by atoms with Crippen LogP contribution in [0.5, 0.6) is 0 Å². The Morgan fingerprint density at radius 1 is 1.15 bits per heavy atom. The Bertz CT molecular complexity index is 922. The van der Waals surface area contributed by atoms with Crippen molar-refractivity contribution in [2.75, 3.05) is 22.7 Å². The van der Waals surface area contributed by atoms with Crippen molar-refractivity contribution in [2.24, 2.45) is 0 Å². The van der Waals surface area contributed by atoms with Crippen molar-refractivity contribution in [3.8, 4) is 0 Å². The molecule has 0 aliphatic heterocycles. The van der Waals surface area contributed by atoms with E-state index in [0.717, 1.165) is 11.1 Å². The molecule has 0 radical (unpaired) electrons. The molecule has 0 bridgehead atoms. The Morgan fingerprint density at radius 3 is 2.35 bits per heavy atom. The molecule has 0 fully saturated rings.